The molecule has 1 amide bonds. The number of hydrogen-bond donors (Lipinski definition) is 2. The van der Waals surface area contributed by atoms with E-state index in [1.807, 2.05) is 0 Å². The van der Waals surface area contributed by atoms with E-state index in [-0.39, 0.29) is 29.3 Å². The molecular weight excluding hydrogens is 377 g/mol. The fourth-order valence-corrected chi connectivity index (χ4v) is 3.61. The minimum atomic E-state index is -4.60. The summed E-state index contributed by atoms with van der Waals surface area (Å²) in [4.78, 5) is 33.7. The van der Waals surface area contributed by atoms with Gasteiger partial charge in [-0.2, -0.15) is 18.2 Å². The second-order valence-electron chi connectivity index (χ2n) is 6.64. The van der Waals surface area contributed by atoms with Crippen LogP contribution in [0.3, 0.4) is 0 Å². The van der Waals surface area contributed by atoms with Crippen molar-refractivity contribution in [1.82, 2.24) is 9.97 Å². The molecule has 0 saturated carbocycles. The van der Waals surface area contributed by atoms with Gasteiger partial charge in [0.15, 0.2) is 0 Å². The number of H-pyrrole nitrogens is 1. The average Bonchev–Trinajstić information content (AvgIpc) is 2.67. The molecule has 1 aromatic heterocycles. The van der Waals surface area contributed by atoms with Gasteiger partial charge >= 0.3 is 6.18 Å². The number of nitrogens with zero attached hydrogens (tertiary/aromatic N) is 2. The number of benzene rings is 1. The van der Waals surface area contributed by atoms with Gasteiger partial charge in [-0.05, 0) is 11.6 Å². The number of amides is 1. The first-order valence-electron chi connectivity index (χ1n) is 8.77. The highest BCUT2D eigenvalue weighted by atomic mass is 19.4. The summed E-state index contributed by atoms with van der Waals surface area (Å²) >= 11 is 0. The molecule has 148 valence electrons. The number of alkyl halides is 3. The number of rotatable bonds is 2. The van der Waals surface area contributed by atoms with Gasteiger partial charge in [-0.1, -0.05) is 18.2 Å². The molecule has 0 bridgehead atoms. The minimum absolute atomic E-state index is 0.00321. The topological polar surface area (TPSA) is 87.3 Å². The first-order valence-corrected chi connectivity index (χ1v) is 8.77. The molecule has 1 fully saturated rings. The zero-order chi connectivity index (χ0) is 19.9. The Morgan fingerprint density at radius 2 is 1.86 bits per heavy atom. The van der Waals surface area contributed by atoms with Crippen LogP contribution in [0.1, 0.15) is 29.0 Å². The zero-order valence-corrected chi connectivity index (χ0v) is 14.7. The number of aromatic amines is 1. The van der Waals surface area contributed by atoms with Crippen molar-refractivity contribution in [2.24, 2.45) is 0 Å². The van der Waals surface area contributed by atoms with Crippen molar-refractivity contribution in [3.8, 4) is 0 Å². The number of nitrogens with one attached hydrogen (secondary N) is 2. The van der Waals surface area contributed by atoms with E-state index in [0.29, 0.717) is 26.3 Å². The van der Waals surface area contributed by atoms with Crippen molar-refractivity contribution >= 4 is 17.7 Å². The lowest BCUT2D eigenvalue weighted by molar-refractivity contribution is -0.138. The number of halogens is 3. The van der Waals surface area contributed by atoms with Crippen LogP contribution in [0, 0.1) is 0 Å². The number of carbonyl (C=O) groups excluding carboxylic acids is 1. The highest BCUT2D eigenvalue weighted by Crippen LogP contribution is 2.41. The first kappa shape index (κ1) is 18.5. The molecule has 0 unspecified atom stereocenters. The second kappa shape index (κ2) is 6.93. The molecule has 2 N–H and O–H groups in total. The number of anilines is 2. The monoisotopic (exact) mass is 394 g/mol. The maximum atomic E-state index is 13.5. The van der Waals surface area contributed by atoms with Crippen molar-refractivity contribution in [3.05, 3.63) is 51.3 Å². The van der Waals surface area contributed by atoms with E-state index in [1.54, 1.807) is 4.90 Å². The summed E-state index contributed by atoms with van der Waals surface area (Å²) in [6, 6.07) is 4.98. The van der Waals surface area contributed by atoms with Gasteiger partial charge in [-0.15, -0.1) is 0 Å². The zero-order valence-electron chi connectivity index (χ0n) is 14.7. The highest BCUT2D eigenvalue weighted by molar-refractivity contribution is 5.94. The average molecular weight is 394 g/mol. The van der Waals surface area contributed by atoms with E-state index in [4.69, 9.17) is 4.74 Å². The lowest BCUT2D eigenvalue weighted by Gasteiger charge is -2.30. The van der Waals surface area contributed by atoms with E-state index < -0.39 is 29.1 Å². The van der Waals surface area contributed by atoms with Gasteiger partial charge in [-0.25, -0.2) is 0 Å². The molecule has 2 aliphatic rings. The molecule has 7 nitrogen and oxygen atoms in total. The van der Waals surface area contributed by atoms with Gasteiger partial charge in [0.1, 0.15) is 5.82 Å². The Labute approximate surface area is 157 Å². The molecule has 0 aliphatic carbocycles. The van der Waals surface area contributed by atoms with Gasteiger partial charge in [0.2, 0.25) is 11.9 Å². The Morgan fingerprint density at radius 1 is 1.14 bits per heavy atom. The molecule has 0 spiro atoms. The maximum absolute atomic E-state index is 13.5. The lowest BCUT2D eigenvalue weighted by atomic mass is 9.84. The fourth-order valence-electron chi connectivity index (χ4n) is 3.61. The van der Waals surface area contributed by atoms with Crippen LogP contribution in [0.5, 0.6) is 0 Å². The summed E-state index contributed by atoms with van der Waals surface area (Å²) in [5, 5.41) is 2.53. The third-order valence-corrected chi connectivity index (χ3v) is 4.89. The molecule has 3 heterocycles. The Hall–Kier alpha value is -2.88. The minimum Gasteiger partial charge on any atom is -0.378 e. The fraction of sp³-hybridized carbons (Fsp3) is 0.389. The molecule has 2 aromatic rings. The second-order valence-corrected chi connectivity index (χ2v) is 6.64. The van der Waals surface area contributed by atoms with E-state index in [0.717, 1.165) is 6.07 Å². The van der Waals surface area contributed by atoms with Crippen LogP contribution in [0.15, 0.2) is 29.1 Å². The predicted molar refractivity (Wildman–Crippen MR) is 94.4 cm³/mol. The van der Waals surface area contributed by atoms with Crippen LogP contribution >= 0.6 is 0 Å². The quantitative estimate of drug-likeness (QED) is 0.815. The van der Waals surface area contributed by atoms with Gasteiger partial charge in [0, 0.05) is 25.4 Å². The molecule has 2 aliphatic heterocycles. The van der Waals surface area contributed by atoms with E-state index in [2.05, 4.69) is 15.3 Å². The smallest absolute Gasteiger partial charge is 0.378 e. The van der Waals surface area contributed by atoms with Gasteiger partial charge < -0.3 is 15.0 Å². The van der Waals surface area contributed by atoms with Gasteiger partial charge in [-0.3, -0.25) is 14.6 Å². The lowest BCUT2D eigenvalue weighted by Crippen LogP contribution is -2.40. The number of fused-ring (bicyclic) bond motifs is 1. The van der Waals surface area contributed by atoms with Crippen LogP contribution in [0.4, 0.5) is 24.9 Å². The third-order valence-electron chi connectivity index (χ3n) is 4.89. The number of carbonyl (C=O) groups is 1. The Balaban J connectivity index is 1.82. The molecule has 1 saturated heterocycles. The highest BCUT2D eigenvalue weighted by Gasteiger charge is 2.39. The molecule has 1 aromatic carbocycles. The van der Waals surface area contributed by atoms with Gasteiger partial charge in [0.05, 0.1) is 24.3 Å². The summed E-state index contributed by atoms with van der Waals surface area (Å²) in [5.41, 5.74) is -1.50. The molecule has 10 heteroatoms. The molecule has 1 atom stereocenters. The first-order chi connectivity index (χ1) is 13.3. The van der Waals surface area contributed by atoms with E-state index in [9.17, 15) is 22.8 Å². The standard InChI is InChI=1S/C18H17F3N4O3/c19-18(20,21)12-4-2-1-3-10(12)11-9-13(26)22-15-14(11)16(27)24-17(23-15)25-5-7-28-8-6-25/h1-4,11H,5-9H2,(H2,22,23,24,26,27)/t11-/m0/s1. The Bertz CT molecular complexity index is 967. The number of ether oxygens (including phenoxy) is 1. The van der Waals surface area contributed by atoms with Crippen LogP contribution in [-0.2, 0) is 15.7 Å². The molecular formula is C18H17F3N4O3. The number of aromatic nitrogens is 2. The molecule has 28 heavy (non-hydrogen) atoms. The molecule has 0 radical (unpaired) electrons. The SMILES string of the molecule is O=C1C[C@@H](c2ccccc2C(F)(F)F)c2c(nc(N3CCOCC3)[nH]c2=O)N1. The summed E-state index contributed by atoms with van der Waals surface area (Å²) in [7, 11) is 0. The molecule has 4 rings (SSSR count). The Kier molecular flexibility index (Phi) is 4.58. The number of hydrogen-bond acceptors (Lipinski definition) is 5. The van der Waals surface area contributed by atoms with Crippen molar-refractivity contribution in [2.75, 3.05) is 36.5 Å². The Morgan fingerprint density at radius 3 is 2.57 bits per heavy atom. The van der Waals surface area contributed by atoms with E-state index in [1.165, 1.54) is 18.2 Å². The van der Waals surface area contributed by atoms with Crippen molar-refractivity contribution in [2.45, 2.75) is 18.5 Å². The van der Waals surface area contributed by atoms with E-state index >= 15 is 0 Å². The third kappa shape index (κ3) is 3.35. The predicted octanol–water partition coefficient (Wildman–Crippen LogP) is 2.10. The largest absolute Gasteiger partial charge is 0.416 e. The summed E-state index contributed by atoms with van der Waals surface area (Å²) in [6.07, 6.45) is -4.86. The van der Waals surface area contributed by atoms with Crippen molar-refractivity contribution in [1.29, 1.82) is 0 Å². The van der Waals surface area contributed by atoms with Crippen LogP contribution in [0.25, 0.3) is 0 Å². The van der Waals surface area contributed by atoms with Gasteiger partial charge in [0.25, 0.3) is 5.56 Å². The summed E-state index contributed by atoms with van der Waals surface area (Å²) in [6.45, 7) is 1.95. The van der Waals surface area contributed by atoms with Crippen molar-refractivity contribution in [3.63, 3.8) is 0 Å². The van der Waals surface area contributed by atoms with Crippen LogP contribution in [0.2, 0.25) is 0 Å². The van der Waals surface area contributed by atoms with Crippen molar-refractivity contribution < 1.29 is 22.7 Å². The number of morpholine rings is 1. The summed E-state index contributed by atoms with van der Waals surface area (Å²) < 4.78 is 45.7. The normalized spacial score (nSPS) is 19.9. The maximum Gasteiger partial charge on any atom is 0.416 e. The summed E-state index contributed by atoms with van der Waals surface area (Å²) in [5.74, 6) is -1.25. The van der Waals surface area contributed by atoms with Crippen LogP contribution in [-0.4, -0.2) is 42.2 Å². The van der Waals surface area contributed by atoms with Crippen LogP contribution < -0.4 is 15.8 Å².